The maximum atomic E-state index is 15.4. The fraction of sp³-hybridized carbons (Fsp3) is 0.930. The molecule has 9 fully saturated rings. The summed E-state index contributed by atoms with van der Waals surface area (Å²) in [6.07, 6.45) is -37.4. The van der Waals surface area contributed by atoms with Gasteiger partial charge in [0.15, 0.2) is 37.4 Å². The van der Waals surface area contributed by atoms with E-state index in [-0.39, 0.29) is 31.6 Å². The summed E-state index contributed by atoms with van der Waals surface area (Å²) in [5.41, 5.74) is -7.61. The van der Waals surface area contributed by atoms with Gasteiger partial charge in [0.1, 0.15) is 84.3 Å². The first-order valence-corrected chi connectivity index (χ1v) is 29.8. The van der Waals surface area contributed by atoms with Gasteiger partial charge in [-0.05, 0) is 85.4 Å². The van der Waals surface area contributed by atoms with Crippen molar-refractivity contribution < 1.29 is 144 Å². The number of carboxylic acid groups (broad SMARTS) is 1. The van der Waals surface area contributed by atoms with E-state index in [1.807, 2.05) is 20.8 Å². The van der Waals surface area contributed by atoms with Gasteiger partial charge in [0, 0.05) is 11.3 Å². The van der Waals surface area contributed by atoms with Crippen LogP contribution >= 0.6 is 0 Å². The van der Waals surface area contributed by atoms with Crippen molar-refractivity contribution in [2.24, 2.45) is 50.2 Å². The Morgan fingerprint density at radius 3 is 1.88 bits per heavy atom. The van der Waals surface area contributed by atoms with Crippen LogP contribution in [0, 0.1) is 50.2 Å². The van der Waals surface area contributed by atoms with E-state index < -0.39 is 242 Å². The number of fused-ring (bicyclic) bond motifs is 7. The summed E-state index contributed by atoms with van der Waals surface area (Å²) >= 11 is 0. The van der Waals surface area contributed by atoms with Crippen molar-refractivity contribution in [3.05, 3.63) is 11.6 Å². The van der Waals surface area contributed by atoms with Gasteiger partial charge in [0.25, 0.3) is 0 Å². The van der Waals surface area contributed by atoms with Crippen molar-refractivity contribution in [2.45, 2.75) is 246 Å². The predicted octanol–water partition coefficient (Wildman–Crippen LogP) is -5.29. The summed E-state index contributed by atoms with van der Waals surface area (Å²) in [5.74, 6) is -4.44. The molecule has 0 amide bonds. The van der Waals surface area contributed by atoms with Crippen molar-refractivity contribution in [3.63, 3.8) is 0 Å². The fourth-order valence-corrected chi connectivity index (χ4v) is 17.5. The molecule has 0 spiro atoms. The molecule has 5 heterocycles. The van der Waals surface area contributed by atoms with E-state index >= 15 is 4.79 Å². The number of hydrogen-bond donors (Lipinski definition) is 17. The third-order valence-corrected chi connectivity index (χ3v) is 22.4. The van der Waals surface area contributed by atoms with E-state index in [2.05, 4.69) is 19.9 Å². The van der Waals surface area contributed by atoms with Gasteiger partial charge in [0.05, 0.1) is 63.6 Å². The molecule has 10 aliphatic rings. The molecule has 5 aliphatic heterocycles. The van der Waals surface area contributed by atoms with E-state index in [9.17, 15) is 91.6 Å². The maximum absolute atomic E-state index is 15.4. The highest BCUT2D eigenvalue weighted by molar-refractivity contribution is 5.80. The number of rotatable bonds is 13. The van der Waals surface area contributed by atoms with Gasteiger partial charge in [-0.1, -0.05) is 53.2 Å². The van der Waals surface area contributed by atoms with E-state index in [1.165, 1.54) is 6.92 Å². The SMILES string of the molecule is CC1OC(OC2C(OC(=O)C34CCC(C)(C)CC3C3=CCC5C6(C)CC(O)C(OC7OC(C(=O)O)C(O)C(O)C7O)C(C)(CO)C6C(O)CC5(C)C3(C)CC4O)OCC(O)C2O)C(O)C(O)C1OC1OCC(O)C(OC2OCC(O)(CO)C2O)C1O. The van der Waals surface area contributed by atoms with Crippen LogP contribution in [0.2, 0.25) is 0 Å². The number of esters is 1. The minimum Gasteiger partial charge on any atom is -0.479 e. The lowest BCUT2D eigenvalue weighted by atomic mass is 9.32. The zero-order valence-corrected chi connectivity index (χ0v) is 49.2. The molecule has 0 aromatic rings. The first kappa shape index (κ1) is 66.6. The highest BCUT2D eigenvalue weighted by atomic mass is 16.8. The van der Waals surface area contributed by atoms with Crippen LogP contribution in [-0.4, -0.2) is 285 Å². The number of aliphatic hydroxyl groups excluding tert-OH is 15. The maximum Gasteiger partial charge on any atom is 0.335 e. The lowest BCUT2D eigenvalue weighted by molar-refractivity contribution is -0.372. The number of aliphatic carboxylic acids is 1. The molecule has 492 valence electrons. The highest BCUT2D eigenvalue weighted by Gasteiger charge is 2.75. The van der Waals surface area contributed by atoms with Crippen molar-refractivity contribution in [2.75, 3.05) is 33.0 Å². The molecule has 0 bridgehead atoms. The van der Waals surface area contributed by atoms with Crippen LogP contribution in [0.25, 0.3) is 0 Å². The highest BCUT2D eigenvalue weighted by Crippen LogP contribution is 2.76. The Morgan fingerprint density at radius 1 is 0.605 bits per heavy atom. The summed E-state index contributed by atoms with van der Waals surface area (Å²) in [6, 6.07) is 0. The van der Waals surface area contributed by atoms with E-state index in [4.69, 9.17) is 47.4 Å². The quantitative estimate of drug-likeness (QED) is 0.0465. The second-order valence-electron chi connectivity index (χ2n) is 28.2. The number of ether oxygens (including phenoxy) is 10. The standard InChI is InChI=1S/C57H90O29/c1-21-37(81-45-36(71)38(27(63)17-77-45)82-49-42(72)56(76,19-59)20-79-49)33(68)35(70)46(80-21)84-40-30(65)26(62)16-78-48(40)86-50(75)57-11-10-51(2,3)12-23(57)22-8-9-28-52(4)13-25(61)43(85-47-34(69)31(66)32(67)39(83-47)44(73)74)53(5,18-58)41(52)24(60)14-55(28,7)54(22,6)15-29(57)64/h8,21,23-43,45-49,58-72,76H,9-20H2,1-7H3,(H,73,74). The molecule has 4 saturated carbocycles. The molecule has 33 atom stereocenters. The van der Waals surface area contributed by atoms with Crippen molar-refractivity contribution >= 4 is 11.9 Å². The second kappa shape index (κ2) is 23.7. The Bertz CT molecular complexity index is 2490. The van der Waals surface area contributed by atoms with Gasteiger partial charge >= 0.3 is 11.9 Å². The predicted molar refractivity (Wildman–Crippen MR) is 282 cm³/mol. The molecule has 10 rings (SSSR count). The topological polar surface area (TPSA) is 470 Å². The first-order chi connectivity index (χ1) is 40.1. The molecule has 5 aliphatic carbocycles. The van der Waals surface area contributed by atoms with E-state index in [0.717, 1.165) is 5.57 Å². The average Bonchev–Trinajstić information content (AvgIpc) is 0.755. The molecule has 0 radical (unpaired) electrons. The molecule has 0 aromatic carbocycles. The lowest BCUT2D eigenvalue weighted by Gasteiger charge is -2.73. The third-order valence-electron chi connectivity index (χ3n) is 22.4. The van der Waals surface area contributed by atoms with Gasteiger partial charge in [-0.15, -0.1) is 0 Å². The number of allylic oxidation sites excluding steroid dienone is 2. The molecule has 5 saturated heterocycles. The molecular weight excluding hydrogens is 1150 g/mol. The van der Waals surface area contributed by atoms with Crippen LogP contribution in [0.15, 0.2) is 11.6 Å². The number of carbonyl (C=O) groups excluding carboxylic acids is 1. The second-order valence-corrected chi connectivity index (χ2v) is 28.2. The molecule has 33 unspecified atom stereocenters. The number of hydrogen-bond acceptors (Lipinski definition) is 28. The van der Waals surface area contributed by atoms with Crippen LogP contribution in [0.3, 0.4) is 0 Å². The number of aliphatic hydroxyl groups is 16. The summed E-state index contributed by atoms with van der Waals surface area (Å²) < 4.78 is 58.1. The summed E-state index contributed by atoms with van der Waals surface area (Å²) in [6.45, 7) is 9.94. The van der Waals surface area contributed by atoms with E-state index in [0.29, 0.717) is 19.3 Å². The monoisotopic (exact) mass is 1240 g/mol. The Labute approximate surface area is 495 Å². The van der Waals surface area contributed by atoms with Crippen LogP contribution in [0.1, 0.15) is 93.4 Å². The first-order valence-electron chi connectivity index (χ1n) is 29.8. The van der Waals surface area contributed by atoms with Crippen LogP contribution < -0.4 is 0 Å². The van der Waals surface area contributed by atoms with Crippen molar-refractivity contribution in [1.29, 1.82) is 0 Å². The van der Waals surface area contributed by atoms with Crippen molar-refractivity contribution in [1.82, 2.24) is 0 Å². The molecule has 29 heteroatoms. The third kappa shape index (κ3) is 10.5. The molecular formula is C57H90O29. The molecule has 0 aromatic heterocycles. The largest absolute Gasteiger partial charge is 0.479 e. The smallest absolute Gasteiger partial charge is 0.335 e. The molecule has 86 heavy (non-hydrogen) atoms. The zero-order chi connectivity index (χ0) is 63.1. The molecule has 29 nitrogen and oxygen atoms in total. The van der Waals surface area contributed by atoms with Gasteiger partial charge in [-0.2, -0.15) is 0 Å². The Hall–Kier alpha value is -2.32. The normalized spacial score (nSPS) is 55.4. The minimum atomic E-state index is -2.08. The molecule has 17 N–H and O–H groups in total. The lowest BCUT2D eigenvalue weighted by Crippen LogP contribution is -2.73. The Balaban J connectivity index is 0.869. The number of carbonyl (C=O) groups is 2. The minimum absolute atomic E-state index is 0.0230. The van der Waals surface area contributed by atoms with E-state index in [1.54, 1.807) is 6.92 Å². The average molecular weight is 1240 g/mol. The van der Waals surface area contributed by atoms with Gasteiger partial charge < -0.3 is 134 Å². The fourth-order valence-electron chi connectivity index (χ4n) is 17.5. The summed E-state index contributed by atoms with van der Waals surface area (Å²) in [5, 5.41) is 189. The van der Waals surface area contributed by atoms with Crippen LogP contribution in [-0.2, 0) is 57.0 Å². The Kier molecular flexibility index (Phi) is 18.3. The van der Waals surface area contributed by atoms with Crippen LogP contribution in [0.4, 0.5) is 0 Å². The Morgan fingerprint density at radius 2 is 1.23 bits per heavy atom. The van der Waals surface area contributed by atoms with Gasteiger partial charge in [0.2, 0.25) is 6.29 Å². The zero-order valence-electron chi connectivity index (χ0n) is 49.2. The van der Waals surface area contributed by atoms with Crippen molar-refractivity contribution in [3.8, 4) is 0 Å². The van der Waals surface area contributed by atoms with Crippen LogP contribution in [0.5, 0.6) is 0 Å². The number of carboxylic acids is 1. The van der Waals surface area contributed by atoms with Gasteiger partial charge in [-0.25, -0.2) is 4.79 Å². The van der Waals surface area contributed by atoms with Gasteiger partial charge in [-0.3, -0.25) is 4.79 Å². The summed E-state index contributed by atoms with van der Waals surface area (Å²) in [4.78, 5) is 27.4. The summed E-state index contributed by atoms with van der Waals surface area (Å²) in [7, 11) is 0.